The minimum Gasteiger partial charge on any atom is -0.310 e. The molecule has 2 aliphatic rings. The summed E-state index contributed by atoms with van der Waals surface area (Å²) in [6, 6.07) is 1.51. The van der Waals surface area contributed by atoms with Crippen LogP contribution in [0.1, 0.15) is 42.9 Å². The van der Waals surface area contributed by atoms with Gasteiger partial charge in [-0.1, -0.05) is 24.3 Å². The van der Waals surface area contributed by atoms with Crippen molar-refractivity contribution in [3.05, 3.63) is 59.6 Å². The fourth-order valence-electron chi connectivity index (χ4n) is 4.43. The molecule has 1 saturated carbocycles. The predicted molar refractivity (Wildman–Crippen MR) is 109 cm³/mol. The van der Waals surface area contributed by atoms with Crippen molar-refractivity contribution in [1.29, 1.82) is 0 Å². The monoisotopic (exact) mass is 431 g/mol. The molecule has 2 aliphatic carbocycles. The number of halogens is 3. The molecule has 0 saturated heterocycles. The average Bonchev–Trinajstić information content (AvgIpc) is 3.38. The molecule has 0 spiro atoms. The third-order valence-electron chi connectivity index (χ3n) is 6.31. The Balaban J connectivity index is 1.50. The van der Waals surface area contributed by atoms with Gasteiger partial charge in [-0.25, -0.2) is 27.8 Å². The van der Waals surface area contributed by atoms with Gasteiger partial charge < -0.3 is 5.32 Å². The second-order valence-electron chi connectivity index (χ2n) is 8.24. The number of nitrogens with zero attached hydrogens (tertiary/aromatic N) is 4. The van der Waals surface area contributed by atoms with Crippen molar-refractivity contribution in [2.75, 3.05) is 5.32 Å². The van der Waals surface area contributed by atoms with Gasteiger partial charge in [-0.15, -0.1) is 5.10 Å². The Morgan fingerprint density at radius 2 is 2.16 bits per heavy atom. The maximum Gasteiger partial charge on any atom is 0.299 e. The maximum absolute atomic E-state index is 13.5. The van der Waals surface area contributed by atoms with Gasteiger partial charge in [0.25, 0.3) is 6.43 Å². The second-order valence-corrected chi connectivity index (χ2v) is 8.24. The van der Waals surface area contributed by atoms with E-state index in [-0.39, 0.29) is 23.2 Å². The van der Waals surface area contributed by atoms with E-state index in [0.717, 1.165) is 12.6 Å². The molecule has 1 amide bonds. The van der Waals surface area contributed by atoms with E-state index in [1.54, 1.807) is 13.8 Å². The van der Waals surface area contributed by atoms with Crippen molar-refractivity contribution in [2.24, 2.45) is 17.3 Å². The average molecular weight is 431 g/mol. The summed E-state index contributed by atoms with van der Waals surface area (Å²) in [6.07, 6.45) is 8.60. The third-order valence-corrected chi connectivity index (χ3v) is 6.31. The lowest BCUT2D eigenvalue weighted by Gasteiger charge is -2.26. The summed E-state index contributed by atoms with van der Waals surface area (Å²) in [5.74, 6) is -0.410. The highest BCUT2D eigenvalue weighted by Crippen LogP contribution is 2.62. The topological polar surface area (TPSA) is 72.7 Å². The van der Waals surface area contributed by atoms with Crippen molar-refractivity contribution in [2.45, 2.75) is 46.1 Å². The maximum atomic E-state index is 13.5. The highest BCUT2D eigenvalue weighted by atomic mass is 19.3. The van der Waals surface area contributed by atoms with Crippen LogP contribution in [0, 0.1) is 36.9 Å². The summed E-state index contributed by atoms with van der Waals surface area (Å²) in [4.78, 5) is 20.8. The molecular weight excluding hydrogens is 407 g/mol. The molecule has 9 heteroatoms. The minimum absolute atomic E-state index is 0.162. The van der Waals surface area contributed by atoms with Crippen LogP contribution in [0.4, 0.5) is 19.0 Å². The van der Waals surface area contributed by atoms with Crippen molar-refractivity contribution in [3.63, 3.8) is 0 Å². The molecule has 0 aliphatic heterocycles. The number of allylic oxidation sites excluding steroid dienone is 4. The summed E-state index contributed by atoms with van der Waals surface area (Å²) >= 11 is 0. The molecule has 1 N–H and O–H groups in total. The molecule has 6 nitrogen and oxygen atoms in total. The molecule has 0 bridgehead atoms. The lowest BCUT2D eigenvalue weighted by molar-refractivity contribution is -0.118. The van der Waals surface area contributed by atoms with Crippen LogP contribution in [0.15, 0.2) is 36.6 Å². The van der Waals surface area contributed by atoms with E-state index in [1.807, 2.05) is 12.2 Å². The van der Waals surface area contributed by atoms with E-state index in [4.69, 9.17) is 0 Å². The summed E-state index contributed by atoms with van der Waals surface area (Å²) in [7, 11) is 0. The SMILES string of the molecule is Cc1cc(NC(=O)[C@@H]2C[C@@]2(CCn2nc(C(F)F)nc2C)C2C=CC=CC2)ncc1F. The Morgan fingerprint density at radius 1 is 1.35 bits per heavy atom. The summed E-state index contributed by atoms with van der Waals surface area (Å²) in [6.45, 7) is 3.66. The zero-order chi connectivity index (χ0) is 22.2. The number of carbonyl (C=O) groups is 1. The first-order chi connectivity index (χ1) is 14.8. The van der Waals surface area contributed by atoms with Gasteiger partial charge in [-0.3, -0.25) is 4.79 Å². The Hall–Kier alpha value is -2.97. The fraction of sp³-hybridized carbons (Fsp3) is 0.455. The molecule has 164 valence electrons. The number of aromatic nitrogens is 4. The molecule has 2 aromatic rings. The van der Waals surface area contributed by atoms with Gasteiger partial charge in [0.15, 0.2) is 0 Å². The van der Waals surface area contributed by atoms with Crippen molar-refractivity contribution < 1.29 is 18.0 Å². The van der Waals surface area contributed by atoms with Gasteiger partial charge >= 0.3 is 0 Å². The highest BCUT2D eigenvalue weighted by Gasteiger charge is 2.60. The molecule has 0 radical (unpaired) electrons. The molecule has 1 fully saturated rings. The molecular formula is C22H24F3N5O. The number of carbonyl (C=O) groups excluding carboxylic acids is 1. The van der Waals surface area contributed by atoms with Crippen LogP contribution in [0.2, 0.25) is 0 Å². The van der Waals surface area contributed by atoms with Crippen LogP contribution in [0.25, 0.3) is 0 Å². The fourth-order valence-corrected chi connectivity index (χ4v) is 4.43. The normalized spacial score (nSPS) is 24.6. The van der Waals surface area contributed by atoms with Crippen LogP contribution in [-0.2, 0) is 11.3 Å². The van der Waals surface area contributed by atoms with Crippen LogP contribution in [0.3, 0.4) is 0 Å². The number of alkyl halides is 2. The van der Waals surface area contributed by atoms with Crippen LogP contribution < -0.4 is 5.32 Å². The van der Waals surface area contributed by atoms with Gasteiger partial charge in [0, 0.05) is 12.5 Å². The summed E-state index contributed by atoms with van der Waals surface area (Å²) in [5, 5.41) is 6.72. The van der Waals surface area contributed by atoms with E-state index in [9.17, 15) is 18.0 Å². The predicted octanol–water partition coefficient (Wildman–Crippen LogP) is 4.53. The smallest absolute Gasteiger partial charge is 0.299 e. The zero-order valence-corrected chi connectivity index (χ0v) is 17.4. The van der Waals surface area contributed by atoms with Crippen molar-refractivity contribution in [1.82, 2.24) is 19.7 Å². The van der Waals surface area contributed by atoms with Gasteiger partial charge in [-0.05, 0) is 56.1 Å². The minimum atomic E-state index is -2.72. The number of amides is 1. The van der Waals surface area contributed by atoms with Crippen molar-refractivity contribution in [3.8, 4) is 0 Å². The van der Waals surface area contributed by atoms with Gasteiger partial charge in [0.1, 0.15) is 17.5 Å². The summed E-state index contributed by atoms with van der Waals surface area (Å²) in [5.41, 5.74) is 0.105. The highest BCUT2D eigenvalue weighted by molar-refractivity contribution is 5.94. The van der Waals surface area contributed by atoms with Crippen LogP contribution in [0.5, 0.6) is 0 Å². The summed E-state index contributed by atoms with van der Waals surface area (Å²) < 4.78 is 40.8. The van der Waals surface area contributed by atoms with E-state index < -0.39 is 18.1 Å². The number of pyridine rings is 1. The Labute approximate surface area is 178 Å². The van der Waals surface area contributed by atoms with Crippen LogP contribution >= 0.6 is 0 Å². The molecule has 31 heavy (non-hydrogen) atoms. The first-order valence-electron chi connectivity index (χ1n) is 10.3. The van der Waals surface area contributed by atoms with Gasteiger partial charge in [0.2, 0.25) is 11.7 Å². The Bertz CT molecular complexity index is 1050. The first kappa shape index (κ1) is 21.3. The lowest BCUT2D eigenvalue weighted by Crippen LogP contribution is -2.26. The number of anilines is 1. The van der Waals surface area contributed by atoms with Crippen molar-refractivity contribution >= 4 is 11.7 Å². The van der Waals surface area contributed by atoms with Gasteiger partial charge in [0.05, 0.1) is 6.20 Å². The molecule has 2 aromatic heterocycles. The number of nitrogens with one attached hydrogen (secondary N) is 1. The van der Waals surface area contributed by atoms with E-state index in [1.165, 1.54) is 10.7 Å². The number of rotatable bonds is 7. The number of hydrogen-bond donors (Lipinski definition) is 1. The molecule has 2 heterocycles. The van der Waals surface area contributed by atoms with E-state index in [2.05, 4.69) is 32.5 Å². The lowest BCUT2D eigenvalue weighted by atomic mass is 9.79. The largest absolute Gasteiger partial charge is 0.310 e. The van der Waals surface area contributed by atoms with Gasteiger partial charge in [-0.2, -0.15) is 0 Å². The molecule has 3 atom stereocenters. The molecule has 0 aromatic carbocycles. The van der Waals surface area contributed by atoms with E-state index >= 15 is 0 Å². The Kier molecular flexibility index (Phi) is 5.68. The number of aryl methyl sites for hydroxylation is 3. The third kappa shape index (κ3) is 4.26. The quantitative estimate of drug-likeness (QED) is 0.699. The zero-order valence-electron chi connectivity index (χ0n) is 17.4. The van der Waals surface area contributed by atoms with Crippen LogP contribution in [-0.4, -0.2) is 25.7 Å². The standard InChI is InChI=1S/C22H24F3N5O/c1-13-10-18(26-12-17(13)23)28-21(31)16-11-22(16,15-6-4-3-5-7-15)8-9-30-14(2)27-20(29-30)19(24)25/h3-6,10,12,15-16,19H,7-9,11H2,1-2H3,(H,26,28,31)/t15?,16-,22-/m0/s1. The number of hydrogen-bond acceptors (Lipinski definition) is 4. The molecule has 1 unspecified atom stereocenters. The first-order valence-corrected chi connectivity index (χ1v) is 10.3. The second kappa shape index (κ2) is 8.28. The Morgan fingerprint density at radius 3 is 2.81 bits per heavy atom. The molecule has 4 rings (SSSR count). The van der Waals surface area contributed by atoms with E-state index in [0.29, 0.717) is 36.6 Å².